The van der Waals surface area contributed by atoms with Crippen LogP contribution in [0.25, 0.3) is 0 Å². The van der Waals surface area contributed by atoms with Gasteiger partial charge < -0.3 is 9.84 Å². The van der Waals surface area contributed by atoms with Crippen LogP contribution in [0.3, 0.4) is 0 Å². The fourth-order valence-corrected chi connectivity index (χ4v) is 2.04. The van der Waals surface area contributed by atoms with Gasteiger partial charge in [-0.3, -0.25) is 10.1 Å². The number of ether oxygens (including phenoxy) is 1. The van der Waals surface area contributed by atoms with Gasteiger partial charge in [-0.05, 0) is 46.5 Å². The number of hydrogen-bond donors (Lipinski definition) is 2. The monoisotopic (exact) mass is 313 g/mol. The number of unbranched alkanes of at least 4 members (excludes halogenated alkanes) is 1. The molecule has 1 atom stereocenters. The van der Waals surface area contributed by atoms with Crippen molar-refractivity contribution >= 4 is 5.97 Å². The van der Waals surface area contributed by atoms with Gasteiger partial charge in [0.2, 0.25) is 0 Å². The van der Waals surface area contributed by atoms with Crippen LogP contribution in [-0.2, 0) is 9.53 Å². The Morgan fingerprint density at radius 3 is 2.19 bits per heavy atom. The first kappa shape index (κ1) is 20.2. The number of rotatable bonds is 11. The van der Waals surface area contributed by atoms with Crippen LogP contribution < -0.4 is 5.32 Å². The van der Waals surface area contributed by atoms with Gasteiger partial charge in [0.1, 0.15) is 5.54 Å². The lowest BCUT2D eigenvalue weighted by molar-refractivity contribution is -0.144. The third kappa shape index (κ3) is 10.5. The number of hydrogen-bond acceptors (Lipinski definition) is 3. The number of carboxylic acid groups (broad SMARTS) is 1. The van der Waals surface area contributed by atoms with Crippen molar-refractivity contribution in [2.24, 2.45) is 0 Å². The molecule has 0 amide bonds. The second-order valence-corrected chi connectivity index (χ2v) is 5.72. The van der Waals surface area contributed by atoms with Crippen molar-refractivity contribution in [3.05, 3.63) is 0 Å². The molecule has 0 radical (unpaired) electrons. The maximum atomic E-state index is 11.9. The quantitative estimate of drug-likeness (QED) is 0.574. The summed E-state index contributed by atoms with van der Waals surface area (Å²) >= 11 is 0. The molecule has 0 saturated heterocycles. The van der Waals surface area contributed by atoms with Gasteiger partial charge in [-0.15, -0.1) is 0 Å². The molecule has 0 bridgehead atoms. The molecule has 7 heteroatoms. The third-order valence-corrected chi connectivity index (χ3v) is 3.04. The molecule has 4 nitrogen and oxygen atoms in total. The lowest BCUT2D eigenvalue weighted by Gasteiger charge is -2.28. The number of alkyl halides is 3. The topological polar surface area (TPSA) is 58.6 Å². The van der Waals surface area contributed by atoms with Gasteiger partial charge >= 0.3 is 12.1 Å². The minimum Gasteiger partial charge on any atom is -0.480 e. The number of carbonyl (C=O) groups is 1. The largest absolute Gasteiger partial charge is 0.480 e. The molecule has 0 aliphatic heterocycles. The molecule has 0 saturated carbocycles. The van der Waals surface area contributed by atoms with Crippen molar-refractivity contribution in [2.45, 2.75) is 70.6 Å². The Bertz CT molecular complexity index is 308. The Hall–Kier alpha value is -0.820. The summed E-state index contributed by atoms with van der Waals surface area (Å²) in [6.45, 7) is 5.84. The average molecular weight is 313 g/mol. The Morgan fingerprint density at radius 1 is 1.14 bits per heavy atom. The molecule has 0 aromatic heterocycles. The zero-order valence-electron chi connectivity index (χ0n) is 12.9. The summed E-state index contributed by atoms with van der Waals surface area (Å²) in [5.74, 6) is -0.901. The summed E-state index contributed by atoms with van der Waals surface area (Å²) < 4.78 is 40.8. The van der Waals surface area contributed by atoms with E-state index in [1.54, 1.807) is 6.92 Å². The van der Waals surface area contributed by atoms with E-state index in [4.69, 9.17) is 4.74 Å². The van der Waals surface area contributed by atoms with Crippen LogP contribution in [-0.4, -0.2) is 42.0 Å². The molecule has 0 fully saturated rings. The first-order valence-corrected chi connectivity index (χ1v) is 7.22. The van der Waals surface area contributed by atoms with Crippen LogP contribution >= 0.6 is 0 Å². The van der Waals surface area contributed by atoms with Crippen LogP contribution in [0.4, 0.5) is 13.2 Å². The van der Waals surface area contributed by atoms with Crippen LogP contribution in [0.15, 0.2) is 0 Å². The highest BCUT2D eigenvalue weighted by atomic mass is 19.4. The van der Waals surface area contributed by atoms with Crippen molar-refractivity contribution in [2.75, 3.05) is 13.2 Å². The molecule has 1 unspecified atom stereocenters. The standard InChI is InChI=1S/C14H26F3NO3/c1-11(2)18-13(3,12(19)20)7-4-5-9-21-10-6-8-14(15,16)17/h11,18H,4-10H2,1-3H3,(H,19,20). The SMILES string of the molecule is CC(C)NC(C)(CCCCOCCCC(F)(F)F)C(=O)O. The van der Waals surface area contributed by atoms with Gasteiger partial charge in [0.15, 0.2) is 0 Å². The van der Waals surface area contributed by atoms with Crippen molar-refractivity contribution < 1.29 is 27.8 Å². The summed E-state index contributed by atoms with van der Waals surface area (Å²) in [4.78, 5) is 11.3. The third-order valence-electron chi connectivity index (χ3n) is 3.04. The van der Waals surface area contributed by atoms with Gasteiger partial charge in [0.25, 0.3) is 0 Å². The number of halogens is 3. The normalized spacial score (nSPS) is 15.2. The maximum absolute atomic E-state index is 11.9. The molecule has 0 aromatic carbocycles. The Labute approximate surface area is 124 Å². The number of aliphatic carboxylic acids is 1. The van der Waals surface area contributed by atoms with Gasteiger partial charge in [-0.2, -0.15) is 13.2 Å². The summed E-state index contributed by atoms with van der Waals surface area (Å²) in [6, 6.07) is 0.0599. The highest BCUT2D eigenvalue weighted by molar-refractivity contribution is 5.78. The van der Waals surface area contributed by atoms with E-state index in [2.05, 4.69) is 5.32 Å². The molecule has 2 N–H and O–H groups in total. The van der Waals surface area contributed by atoms with Gasteiger partial charge in [0.05, 0.1) is 0 Å². The molecule has 0 aliphatic rings. The lowest BCUT2D eigenvalue weighted by Crippen LogP contribution is -2.52. The van der Waals surface area contributed by atoms with Crippen molar-refractivity contribution in [3.63, 3.8) is 0 Å². The fraction of sp³-hybridized carbons (Fsp3) is 0.929. The fourth-order valence-electron chi connectivity index (χ4n) is 2.04. The summed E-state index contributed by atoms with van der Waals surface area (Å²) in [6.07, 6.45) is -3.27. The maximum Gasteiger partial charge on any atom is 0.389 e. The number of nitrogens with one attached hydrogen (secondary N) is 1. The molecule has 0 heterocycles. The lowest BCUT2D eigenvalue weighted by atomic mass is 9.94. The smallest absolute Gasteiger partial charge is 0.389 e. The second-order valence-electron chi connectivity index (χ2n) is 5.72. The zero-order valence-corrected chi connectivity index (χ0v) is 12.9. The van der Waals surface area contributed by atoms with Crippen LogP contribution in [0.2, 0.25) is 0 Å². The van der Waals surface area contributed by atoms with Crippen LogP contribution in [0.5, 0.6) is 0 Å². The Morgan fingerprint density at radius 2 is 1.71 bits per heavy atom. The molecular weight excluding hydrogens is 287 g/mol. The minimum atomic E-state index is -4.13. The van der Waals surface area contributed by atoms with Crippen LogP contribution in [0, 0.1) is 0 Å². The first-order chi connectivity index (χ1) is 9.57. The minimum absolute atomic E-state index is 0.0365. The van der Waals surface area contributed by atoms with E-state index in [0.717, 1.165) is 0 Å². The molecular formula is C14H26F3NO3. The molecule has 0 spiro atoms. The summed E-state index contributed by atoms with van der Waals surface area (Å²) in [5.41, 5.74) is -0.982. The second kappa shape index (κ2) is 9.25. The predicted molar refractivity (Wildman–Crippen MR) is 74.3 cm³/mol. The van der Waals surface area contributed by atoms with E-state index < -0.39 is 24.1 Å². The number of carboxylic acids is 1. The van der Waals surface area contributed by atoms with E-state index in [1.807, 2.05) is 13.8 Å². The van der Waals surface area contributed by atoms with Crippen molar-refractivity contribution in [1.29, 1.82) is 0 Å². The van der Waals surface area contributed by atoms with Gasteiger partial charge in [-0.1, -0.05) is 0 Å². The van der Waals surface area contributed by atoms with E-state index in [-0.39, 0.29) is 19.1 Å². The Balaban J connectivity index is 3.75. The van der Waals surface area contributed by atoms with E-state index in [1.165, 1.54) is 0 Å². The average Bonchev–Trinajstić information content (AvgIpc) is 2.30. The molecule has 21 heavy (non-hydrogen) atoms. The first-order valence-electron chi connectivity index (χ1n) is 7.22. The molecule has 126 valence electrons. The molecule has 0 aromatic rings. The van der Waals surface area contributed by atoms with E-state index >= 15 is 0 Å². The highest BCUT2D eigenvalue weighted by Gasteiger charge is 2.32. The van der Waals surface area contributed by atoms with Crippen molar-refractivity contribution in [1.82, 2.24) is 5.32 Å². The molecule has 0 rings (SSSR count). The molecule has 0 aliphatic carbocycles. The predicted octanol–water partition coefficient (Wildman–Crippen LogP) is 3.36. The summed E-state index contributed by atoms with van der Waals surface area (Å²) in [5, 5.41) is 12.2. The van der Waals surface area contributed by atoms with Gasteiger partial charge in [0, 0.05) is 25.7 Å². The van der Waals surface area contributed by atoms with Crippen molar-refractivity contribution in [3.8, 4) is 0 Å². The van der Waals surface area contributed by atoms with Crippen LogP contribution in [0.1, 0.15) is 52.9 Å². The zero-order chi connectivity index (χ0) is 16.5. The summed E-state index contributed by atoms with van der Waals surface area (Å²) in [7, 11) is 0. The van der Waals surface area contributed by atoms with Gasteiger partial charge in [-0.25, -0.2) is 0 Å². The highest BCUT2D eigenvalue weighted by Crippen LogP contribution is 2.21. The van der Waals surface area contributed by atoms with E-state index in [0.29, 0.717) is 25.9 Å². The Kier molecular flexibility index (Phi) is 8.89. The van der Waals surface area contributed by atoms with E-state index in [9.17, 15) is 23.1 Å².